The van der Waals surface area contributed by atoms with E-state index in [1.54, 1.807) is 4.68 Å². The third-order valence-corrected chi connectivity index (χ3v) is 4.53. The van der Waals surface area contributed by atoms with E-state index in [0.717, 1.165) is 17.5 Å². The highest BCUT2D eigenvalue weighted by atomic mass is 35.5. The fraction of sp³-hybridized carbons (Fsp3) is 0.562. The summed E-state index contributed by atoms with van der Waals surface area (Å²) in [6, 6.07) is 0.970. The summed E-state index contributed by atoms with van der Waals surface area (Å²) in [5.41, 5.74) is 1.07. The number of alkyl halides is 3. The first-order chi connectivity index (χ1) is 12.1. The van der Waals surface area contributed by atoms with E-state index in [0.29, 0.717) is 30.2 Å². The standard InChI is InChI=1S/C16H21ClF3N5O/c1-10-9-13(16(18,19)20)23-24(10)8-5-14(26)21-6-4-7-25-12(3)15(17)11(2)22-25/h9H,4-8H2,1-3H3,(H,21,26). The van der Waals surface area contributed by atoms with Gasteiger partial charge in [0.15, 0.2) is 5.69 Å². The normalized spacial score (nSPS) is 11.8. The molecule has 0 fully saturated rings. The van der Waals surface area contributed by atoms with Crippen LogP contribution in [0, 0.1) is 20.8 Å². The molecule has 0 saturated heterocycles. The SMILES string of the molecule is Cc1nn(CCCNC(=O)CCn2nc(C(F)(F)F)cc2C)c(C)c1Cl. The maximum absolute atomic E-state index is 12.6. The topological polar surface area (TPSA) is 64.7 Å². The predicted molar refractivity (Wildman–Crippen MR) is 90.9 cm³/mol. The number of nitrogens with one attached hydrogen (secondary N) is 1. The van der Waals surface area contributed by atoms with Crippen LogP contribution in [0.5, 0.6) is 0 Å². The van der Waals surface area contributed by atoms with Gasteiger partial charge < -0.3 is 5.32 Å². The second-order valence-electron chi connectivity index (χ2n) is 6.05. The smallest absolute Gasteiger partial charge is 0.356 e. The van der Waals surface area contributed by atoms with Crippen molar-refractivity contribution in [1.29, 1.82) is 0 Å². The zero-order chi connectivity index (χ0) is 19.5. The minimum absolute atomic E-state index is 0.0611. The fourth-order valence-corrected chi connectivity index (χ4v) is 2.66. The van der Waals surface area contributed by atoms with Crippen LogP contribution in [-0.2, 0) is 24.1 Å². The van der Waals surface area contributed by atoms with Crippen LogP contribution in [0.3, 0.4) is 0 Å². The van der Waals surface area contributed by atoms with Crippen LogP contribution >= 0.6 is 11.6 Å². The zero-order valence-electron chi connectivity index (χ0n) is 14.8. The molecule has 0 aliphatic heterocycles. The van der Waals surface area contributed by atoms with Crippen molar-refractivity contribution in [2.45, 2.75) is 52.9 Å². The van der Waals surface area contributed by atoms with E-state index in [-0.39, 0.29) is 18.9 Å². The Morgan fingerprint density at radius 2 is 1.88 bits per heavy atom. The molecule has 0 aromatic carbocycles. The van der Waals surface area contributed by atoms with Gasteiger partial charge in [0, 0.05) is 31.7 Å². The third-order valence-electron chi connectivity index (χ3n) is 3.98. The molecular weight excluding hydrogens is 371 g/mol. The Labute approximate surface area is 154 Å². The van der Waals surface area contributed by atoms with Crippen LogP contribution in [0.1, 0.15) is 35.6 Å². The van der Waals surface area contributed by atoms with Crippen molar-refractivity contribution >= 4 is 17.5 Å². The van der Waals surface area contributed by atoms with Gasteiger partial charge in [-0.3, -0.25) is 14.2 Å². The number of halogens is 4. The Bertz CT molecular complexity index is 782. The van der Waals surface area contributed by atoms with Gasteiger partial charge in [-0.1, -0.05) is 11.6 Å². The highest BCUT2D eigenvalue weighted by Crippen LogP contribution is 2.28. The quantitative estimate of drug-likeness (QED) is 0.737. The van der Waals surface area contributed by atoms with Crippen LogP contribution in [0.15, 0.2) is 6.07 Å². The van der Waals surface area contributed by atoms with Crippen molar-refractivity contribution in [1.82, 2.24) is 24.9 Å². The minimum Gasteiger partial charge on any atom is -0.356 e. The number of rotatable bonds is 7. The number of amides is 1. The maximum Gasteiger partial charge on any atom is 0.435 e. The average molecular weight is 392 g/mol. The molecule has 10 heteroatoms. The zero-order valence-corrected chi connectivity index (χ0v) is 15.6. The van der Waals surface area contributed by atoms with Gasteiger partial charge in [0.1, 0.15) is 0 Å². The first kappa shape index (κ1) is 20.3. The summed E-state index contributed by atoms with van der Waals surface area (Å²) in [6.07, 6.45) is -3.75. The lowest BCUT2D eigenvalue weighted by molar-refractivity contribution is -0.141. The first-order valence-electron chi connectivity index (χ1n) is 8.17. The highest BCUT2D eigenvalue weighted by molar-refractivity contribution is 6.31. The molecule has 0 spiro atoms. The highest BCUT2D eigenvalue weighted by Gasteiger charge is 2.34. The molecule has 0 aliphatic rings. The molecule has 2 aromatic heterocycles. The van der Waals surface area contributed by atoms with Crippen molar-refractivity contribution in [2.24, 2.45) is 0 Å². The molecule has 1 N–H and O–H groups in total. The molecule has 0 unspecified atom stereocenters. The van der Waals surface area contributed by atoms with Gasteiger partial charge in [-0.2, -0.15) is 23.4 Å². The molecule has 26 heavy (non-hydrogen) atoms. The summed E-state index contributed by atoms with van der Waals surface area (Å²) in [5, 5.41) is 11.2. The molecule has 0 bridgehead atoms. The number of carbonyl (C=O) groups is 1. The minimum atomic E-state index is -4.48. The second kappa shape index (κ2) is 8.11. The molecule has 2 heterocycles. The molecular formula is C16H21ClF3N5O. The van der Waals surface area contributed by atoms with Gasteiger partial charge in [0.2, 0.25) is 5.91 Å². The van der Waals surface area contributed by atoms with Crippen LogP contribution in [-0.4, -0.2) is 32.0 Å². The fourth-order valence-electron chi connectivity index (χ4n) is 2.52. The first-order valence-corrected chi connectivity index (χ1v) is 8.55. The summed E-state index contributed by atoms with van der Waals surface area (Å²) < 4.78 is 40.8. The number of hydrogen-bond donors (Lipinski definition) is 1. The van der Waals surface area contributed by atoms with E-state index in [4.69, 9.17) is 11.6 Å². The Morgan fingerprint density at radius 1 is 1.19 bits per heavy atom. The molecule has 144 valence electrons. The monoisotopic (exact) mass is 391 g/mol. The summed E-state index contributed by atoms with van der Waals surface area (Å²) in [6.45, 7) is 6.39. The van der Waals surface area contributed by atoms with E-state index in [1.165, 1.54) is 11.6 Å². The Balaban J connectivity index is 1.74. The van der Waals surface area contributed by atoms with Crippen LogP contribution in [0.4, 0.5) is 13.2 Å². The summed E-state index contributed by atoms with van der Waals surface area (Å²) in [7, 11) is 0. The van der Waals surface area contributed by atoms with Crippen molar-refractivity contribution in [3.63, 3.8) is 0 Å². The van der Waals surface area contributed by atoms with Crippen molar-refractivity contribution in [3.05, 3.63) is 33.9 Å². The van der Waals surface area contributed by atoms with Gasteiger partial charge in [-0.15, -0.1) is 0 Å². The van der Waals surface area contributed by atoms with E-state index < -0.39 is 11.9 Å². The summed E-state index contributed by atoms with van der Waals surface area (Å²) in [5.74, 6) is -0.236. The predicted octanol–water partition coefficient (Wildman–Crippen LogP) is 3.27. The van der Waals surface area contributed by atoms with Gasteiger partial charge in [0.05, 0.1) is 16.4 Å². The van der Waals surface area contributed by atoms with E-state index in [2.05, 4.69) is 15.5 Å². The van der Waals surface area contributed by atoms with Gasteiger partial charge >= 0.3 is 6.18 Å². The van der Waals surface area contributed by atoms with Crippen LogP contribution < -0.4 is 5.32 Å². The molecule has 2 aromatic rings. The Hall–Kier alpha value is -2.03. The second-order valence-corrected chi connectivity index (χ2v) is 6.43. The van der Waals surface area contributed by atoms with E-state index in [9.17, 15) is 18.0 Å². The molecule has 1 amide bonds. The van der Waals surface area contributed by atoms with Crippen LogP contribution in [0.25, 0.3) is 0 Å². The molecule has 6 nitrogen and oxygen atoms in total. The number of nitrogens with zero attached hydrogens (tertiary/aromatic N) is 4. The average Bonchev–Trinajstić information content (AvgIpc) is 3.05. The maximum atomic E-state index is 12.6. The third kappa shape index (κ3) is 5.00. The lowest BCUT2D eigenvalue weighted by atomic mass is 10.3. The van der Waals surface area contributed by atoms with Crippen molar-refractivity contribution in [2.75, 3.05) is 6.54 Å². The largest absolute Gasteiger partial charge is 0.435 e. The van der Waals surface area contributed by atoms with Gasteiger partial charge in [-0.05, 0) is 33.3 Å². The molecule has 2 rings (SSSR count). The number of carbonyl (C=O) groups excluding carboxylic acids is 1. The number of aryl methyl sites for hydroxylation is 4. The molecule has 0 saturated carbocycles. The molecule has 0 aliphatic carbocycles. The summed E-state index contributed by atoms with van der Waals surface area (Å²) >= 11 is 6.07. The van der Waals surface area contributed by atoms with Gasteiger partial charge in [0.25, 0.3) is 0 Å². The van der Waals surface area contributed by atoms with E-state index in [1.807, 2.05) is 13.8 Å². The van der Waals surface area contributed by atoms with Crippen molar-refractivity contribution < 1.29 is 18.0 Å². The van der Waals surface area contributed by atoms with Crippen molar-refractivity contribution in [3.8, 4) is 0 Å². The Kier molecular flexibility index (Phi) is 6.33. The summed E-state index contributed by atoms with van der Waals surface area (Å²) in [4.78, 5) is 11.8. The number of hydrogen-bond acceptors (Lipinski definition) is 3. The number of aromatic nitrogens is 4. The van der Waals surface area contributed by atoms with E-state index >= 15 is 0 Å². The lowest BCUT2D eigenvalue weighted by Gasteiger charge is -2.08. The van der Waals surface area contributed by atoms with Crippen LogP contribution in [0.2, 0.25) is 5.02 Å². The molecule has 0 atom stereocenters. The lowest BCUT2D eigenvalue weighted by Crippen LogP contribution is -2.26. The van der Waals surface area contributed by atoms with Gasteiger partial charge in [-0.25, -0.2) is 0 Å². The molecule has 0 radical (unpaired) electrons. The Morgan fingerprint density at radius 3 is 2.42 bits per heavy atom.